The molecule has 5 unspecified atom stereocenters. The minimum atomic E-state index is -0.570. The number of hydrogen-bond donors (Lipinski definition) is 0. The number of halogens is 1. The Hall–Kier alpha value is 0.610. The summed E-state index contributed by atoms with van der Waals surface area (Å²) >= 11 is 2.54. The van der Waals surface area contributed by atoms with Crippen LogP contribution in [0.3, 0.4) is 0 Å². The van der Waals surface area contributed by atoms with Gasteiger partial charge in [0.15, 0.2) is 0 Å². The topological polar surface area (TPSA) is 27.7 Å². The Morgan fingerprint density at radius 1 is 1.29 bits per heavy atom. The molecule has 0 radical (unpaired) electrons. The smallest absolute Gasteiger partial charge is 0.214 e. The van der Waals surface area contributed by atoms with Crippen LogP contribution >= 0.6 is 22.6 Å². The summed E-state index contributed by atoms with van der Waals surface area (Å²) in [5.74, 6) is 0.308. The minimum absolute atomic E-state index is 0.0368. The van der Waals surface area contributed by atoms with E-state index in [-0.39, 0.29) is 3.42 Å². The molecule has 0 aromatic heterocycles. The highest BCUT2D eigenvalue weighted by molar-refractivity contribution is 14.1. The van der Waals surface area contributed by atoms with E-state index in [9.17, 15) is 0 Å². The maximum atomic E-state index is 6.17. The summed E-state index contributed by atoms with van der Waals surface area (Å²) in [7, 11) is 0. The van der Waals surface area contributed by atoms with E-state index in [1.807, 2.05) is 0 Å². The molecule has 0 bridgehead atoms. The van der Waals surface area contributed by atoms with Gasteiger partial charge in [0.1, 0.15) is 0 Å². The molecule has 3 aliphatic carbocycles. The van der Waals surface area contributed by atoms with Gasteiger partial charge in [0.05, 0.1) is 15.6 Å². The molecule has 4 aliphatic rings. The third-order valence-corrected chi connectivity index (χ3v) is 7.70. The first-order valence-corrected chi connectivity index (χ1v) is 7.79. The number of hydrogen-bond acceptors (Lipinski definition) is 3. The molecule has 1 spiro atoms. The number of rotatable bonds is 3. The van der Waals surface area contributed by atoms with Gasteiger partial charge in [0, 0.05) is 5.41 Å². The van der Waals surface area contributed by atoms with E-state index < -0.39 is 5.79 Å². The summed E-state index contributed by atoms with van der Waals surface area (Å²) in [5, 5.41) is 0. The van der Waals surface area contributed by atoms with Crippen LogP contribution in [0.2, 0.25) is 0 Å². The van der Waals surface area contributed by atoms with Gasteiger partial charge in [-0.1, -0.05) is 22.6 Å². The molecule has 0 N–H and O–H groups in total. The van der Waals surface area contributed by atoms with Crippen LogP contribution in [0.5, 0.6) is 0 Å². The monoisotopic (exact) mass is 350 g/mol. The summed E-state index contributed by atoms with van der Waals surface area (Å²) in [6, 6.07) is 0. The quantitative estimate of drug-likeness (QED) is 0.339. The van der Waals surface area contributed by atoms with Gasteiger partial charge in [-0.05, 0) is 51.9 Å². The van der Waals surface area contributed by atoms with Crippen molar-refractivity contribution in [3.63, 3.8) is 0 Å². The predicted octanol–water partition coefficient (Wildman–Crippen LogP) is 3.21. The van der Waals surface area contributed by atoms with Gasteiger partial charge in [-0.3, -0.25) is 0 Å². The molecule has 17 heavy (non-hydrogen) atoms. The summed E-state index contributed by atoms with van der Waals surface area (Å²) in [6.45, 7) is 4.33. The van der Waals surface area contributed by atoms with E-state index in [1.165, 1.54) is 19.3 Å². The zero-order chi connectivity index (χ0) is 11.9. The van der Waals surface area contributed by atoms with Crippen molar-refractivity contribution in [2.75, 3.05) is 0 Å². The number of ether oxygens (including phenoxy) is 1. The van der Waals surface area contributed by atoms with Crippen LogP contribution in [0.25, 0.3) is 0 Å². The van der Waals surface area contributed by atoms with Crippen molar-refractivity contribution in [3.05, 3.63) is 0 Å². The molecule has 3 saturated carbocycles. The number of alkyl halides is 1. The molecule has 4 heteroatoms. The first-order valence-electron chi connectivity index (χ1n) is 6.71. The molecule has 1 aliphatic heterocycles. The Labute approximate surface area is 116 Å². The van der Waals surface area contributed by atoms with Crippen LogP contribution in [-0.2, 0) is 14.5 Å². The maximum Gasteiger partial charge on any atom is 0.214 e. The molecule has 96 valence electrons. The lowest BCUT2D eigenvalue weighted by Crippen LogP contribution is -2.50. The third-order valence-electron chi connectivity index (χ3n) is 5.72. The standard InChI is InChI=1S/C13H19IO3/c1-11(14)12(2,17-16-9-4-3-5-9)15-10-6-8-7-13(8,10)11/h8-10H,3-7H2,1-2H3. The lowest BCUT2D eigenvalue weighted by atomic mass is 9.73. The van der Waals surface area contributed by atoms with Crippen molar-refractivity contribution in [2.45, 2.75) is 67.4 Å². The van der Waals surface area contributed by atoms with Crippen LogP contribution in [0, 0.1) is 11.3 Å². The Morgan fingerprint density at radius 3 is 2.53 bits per heavy atom. The molecule has 4 fully saturated rings. The van der Waals surface area contributed by atoms with Gasteiger partial charge < -0.3 is 4.74 Å². The molecular formula is C13H19IO3. The second-order valence-electron chi connectivity index (χ2n) is 6.46. The highest BCUT2D eigenvalue weighted by Crippen LogP contribution is 2.81. The fraction of sp³-hybridized carbons (Fsp3) is 1.00. The second-order valence-corrected chi connectivity index (χ2v) is 8.62. The minimum Gasteiger partial charge on any atom is -0.342 e. The van der Waals surface area contributed by atoms with Gasteiger partial charge in [0.25, 0.3) is 0 Å². The van der Waals surface area contributed by atoms with Crippen molar-refractivity contribution < 1.29 is 14.5 Å². The molecule has 0 amide bonds. The zero-order valence-corrected chi connectivity index (χ0v) is 12.5. The summed E-state index contributed by atoms with van der Waals surface area (Å²) in [5.41, 5.74) is 0.394. The Morgan fingerprint density at radius 2 is 2.06 bits per heavy atom. The first kappa shape index (κ1) is 11.4. The molecule has 1 saturated heterocycles. The van der Waals surface area contributed by atoms with Crippen LogP contribution in [0.4, 0.5) is 0 Å². The lowest BCUT2D eigenvalue weighted by molar-refractivity contribution is -0.444. The molecule has 0 aromatic rings. The van der Waals surface area contributed by atoms with Gasteiger partial charge in [-0.15, -0.1) is 0 Å². The average Bonchev–Trinajstić information content (AvgIpc) is 2.75. The van der Waals surface area contributed by atoms with E-state index in [0.29, 0.717) is 17.6 Å². The Bertz CT molecular complexity index is 368. The van der Waals surface area contributed by atoms with Crippen LogP contribution in [0.1, 0.15) is 46.0 Å². The normalized spacial score (nSPS) is 60.2. The molecule has 4 rings (SSSR count). The SMILES string of the molecule is CC1(OOC2CCC2)OC2CC3CC32C1(C)I. The van der Waals surface area contributed by atoms with E-state index in [0.717, 1.165) is 18.8 Å². The molecule has 1 heterocycles. The van der Waals surface area contributed by atoms with E-state index >= 15 is 0 Å². The van der Waals surface area contributed by atoms with Crippen molar-refractivity contribution in [3.8, 4) is 0 Å². The van der Waals surface area contributed by atoms with Crippen molar-refractivity contribution >= 4 is 22.6 Å². The lowest BCUT2D eigenvalue weighted by Gasteiger charge is -2.39. The Balaban J connectivity index is 1.52. The Kier molecular flexibility index (Phi) is 2.15. The van der Waals surface area contributed by atoms with Crippen molar-refractivity contribution in [1.29, 1.82) is 0 Å². The van der Waals surface area contributed by atoms with E-state index in [1.54, 1.807) is 0 Å². The van der Waals surface area contributed by atoms with Gasteiger partial charge in [0.2, 0.25) is 5.79 Å². The van der Waals surface area contributed by atoms with E-state index in [4.69, 9.17) is 14.5 Å². The van der Waals surface area contributed by atoms with Crippen molar-refractivity contribution in [1.82, 2.24) is 0 Å². The van der Waals surface area contributed by atoms with Crippen LogP contribution in [0.15, 0.2) is 0 Å². The maximum absolute atomic E-state index is 6.17. The van der Waals surface area contributed by atoms with E-state index in [2.05, 4.69) is 36.4 Å². The average molecular weight is 350 g/mol. The third kappa shape index (κ3) is 1.19. The molecule has 0 aromatic carbocycles. The molecule has 5 atom stereocenters. The molecular weight excluding hydrogens is 331 g/mol. The first-order chi connectivity index (χ1) is 8.00. The highest BCUT2D eigenvalue weighted by atomic mass is 127. The summed E-state index contributed by atoms with van der Waals surface area (Å²) < 4.78 is 6.21. The van der Waals surface area contributed by atoms with Gasteiger partial charge in [-0.2, -0.15) is 4.89 Å². The fourth-order valence-corrected chi connectivity index (χ4v) is 5.13. The van der Waals surface area contributed by atoms with Gasteiger partial charge in [-0.25, -0.2) is 4.89 Å². The molecule has 3 nitrogen and oxygen atoms in total. The van der Waals surface area contributed by atoms with Crippen LogP contribution in [-0.4, -0.2) is 21.4 Å². The predicted molar refractivity (Wildman–Crippen MR) is 70.7 cm³/mol. The highest BCUT2D eigenvalue weighted by Gasteiger charge is 2.85. The summed E-state index contributed by atoms with van der Waals surface area (Å²) in [6.07, 6.45) is 6.77. The fourth-order valence-electron chi connectivity index (χ4n) is 3.91. The van der Waals surface area contributed by atoms with Crippen LogP contribution < -0.4 is 0 Å². The zero-order valence-electron chi connectivity index (χ0n) is 10.4. The van der Waals surface area contributed by atoms with Crippen molar-refractivity contribution in [2.24, 2.45) is 11.3 Å². The second kappa shape index (κ2) is 3.19. The van der Waals surface area contributed by atoms with Gasteiger partial charge >= 0.3 is 0 Å². The summed E-state index contributed by atoms with van der Waals surface area (Å²) in [4.78, 5) is 11.3. The largest absolute Gasteiger partial charge is 0.342 e.